The van der Waals surface area contributed by atoms with E-state index in [0.717, 1.165) is 16.7 Å². The van der Waals surface area contributed by atoms with Crippen molar-refractivity contribution in [3.8, 4) is 0 Å². The minimum Gasteiger partial charge on any atom is -0.461 e. The van der Waals surface area contributed by atoms with Gasteiger partial charge in [0, 0.05) is 16.8 Å². The molecule has 29 heavy (non-hydrogen) atoms. The van der Waals surface area contributed by atoms with Crippen molar-refractivity contribution in [1.82, 2.24) is 5.32 Å². The fraction of sp³-hybridized carbons (Fsp3) is 0.400. The Bertz CT molecular complexity index is 1320. The monoisotopic (exact) mass is 419 g/mol. The summed E-state index contributed by atoms with van der Waals surface area (Å²) in [6.45, 7) is 5.54. The Morgan fingerprint density at radius 1 is 1.10 bits per heavy atom. The Morgan fingerprint density at radius 3 is 2.41 bits per heavy atom. The van der Waals surface area contributed by atoms with Crippen molar-refractivity contribution in [2.45, 2.75) is 39.3 Å². The van der Waals surface area contributed by atoms with Gasteiger partial charge in [-0.2, -0.15) is 0 Å². The molecule has 3 heterocycles. The molecule has 0 aliphatic carbocycles. The molecule has 0 spiro atoms. The number of furan rings is 1. The number of aliphatic hydroxyl groups is 1. The number of fused-ring (bicyclic) bond motifs is 2. The number of hydrogen-bond acceptors (Lipinski definition) is 7. The molecule has 1 amide bonds. The maximum atomic E-state index is 12.5. The standard InChI is InChI=1S/C20H21NO7S/c1-9-11(3)27-17-6-18-13(4-12(9)17)10(2)14(20(24)28-18)5-19(23)21-15-7-29(25,26)8-16(15)22/h4,6,15-16,22H,5,7-8H2,1-3H3,(H,21,23). The van der Waals surface area contributed by atoms with Gasteiger partial charge in [0.15, 0.2) is 9.84 Å². The fourth-order valence-electron chi connectivity index (χ4n) is 3.81. The van der Waals surface area contributed by atoms with Gasteiger partial charge < -0.3 is 19.3 Å². The third kappa shape index (κ3) is 3.44. The maximum absolute atomic E-state index is 12.5. The van der Waals surface area contributed by atoms with Crippen LogP contribution < -0.4 is 10.9 Å². The molecule has 154 valence electrons. The second-order valence-corrected chi connectivity index (χ2v) is 9.77. The highest BCUT2D eigenvalue weighted by molar-refractivity contribution is 7.91. The number of carbonyl (C=O) groups excluding carboxylic acids is 1. The van der Waals surface area contributed by atoms with Crippen molar-refractivity contribution in [3.05, 3.63) is 45.0 Å². The first-order chi connectivity index (χ1) is 13.6. The number of rotatable bonds is 3. The molecule has 0 radical (unpaired) electrons. The number of carbonyl (C=O) groups is 1. The molecule has 1 aromatic carbocycles. The van der Waals surface area contributed by atoms with Crippen LogP contribution in [-0.4, -0.2) is 43.1 Å². The van der Waals surface area contributed by atoms with Crippen molar-refractivity contribution in [3.63, 3.8) is 0 Å². The van der Waals surface area contributed by atoms with E-state index in [4.69, 9.17) is 8.83 Å². The zero-order valence-corrected chi connectivity index (χ0v) is 17.1. The lowest BCUT2D eigenvalue weighted by molar-refractivity contribution is -0.121. The lowest BCUT2D eigenvalue weighted by atomic mass is 10.0. The van der Waals surface area contributed by atoms with Crippen LogP contribution in [0.4, 0.5) is 0 Å². The molecule has 2 aromatic heterocycles. The summed E-state index contributed by atoms with van der Waals surface area (Å²) in [5, 5.41) is 14.0. The minimum absolute atomic E-state index is 0.197. The summed E-state index contributed by atoms with van der Waals surface area (Å²) in [4.78, 5) is 24.9. The zero-order chi connectivity index (χ0) is 21.1. The second-order valence-electron chi connectivity index (χ2n) is 7.62. The molecule has 9 heteroatoms. The molecule has 2 unspecified atom stereocenters. The Morgan fingerprint density at radius 2 is 1.76 bits per heavy atom. The SMILES string of the molecule is Cc1oc2cc3oc(=O)c(CC(=O)NC4CS(=O)(=O)CC4O)c(C)c3cc2c1C. The Kier molecular flexibility index (Phi) is 4.54. The van der Waals surface area contributed by atoms with Gasteiger partial charge in [-0.1, -0.05) is 0 Å². The molecular weight excluding hydrogens is 398 g/mol. The van der Waals surface area contributed by atoms with E-state index >= 15 is 0 Å². The maximum Gasteiger partial charge on any atom is 0.340 e. The smallest absolute Gasteiger partial charge is 0.340 e. The van der Waals surface area contributed by atoms with Crippen LogP contribution in [0.5, 0.6) is 0 Å². The van der Waals surface area contributed by atoms with Crippen molar-refractivity contribution in [2.24, 2.45) is 0 Å². The van der Waals surface area contributed by atoms with Crippen molar-refractivity contribution in [2.75, 3.05) is 11.5 Å². The molecule has 0 saturated carbocycles. The van der Waals surface area contributed by atoms with Gasteiger partial charge in [0.1, 0.15) is 16.9 Å². The number of aliphatic hydroxyl groups excluding tert-OH is 1. The van der Waals surface area contributed by atoms with E-state index in [-0.39, 0.29) is 23.5 Å². The van der Waals surface area contributed by atoms with Crippen LogP contribution in [0.1, 0.15) is 22.5 Å². The van der Waals surface area contributed by atoms with Gasteiger partial charge in [-0.15, -0.1) is 0 Å². The van der Waals surface area contributed by atoms with Gasteiger partial charge >= 0.3 is 5.63 Å². The third-order valence-corrected chi connectivity index (χ3v) is 7.31. The second kappa shape index (κ2) is 6.70. The summed E-state index contributed by atoms with van der Waals surface area (Å²) in [6, 6.07) is 2.67. The molecule has 4 rings (SSSR count). The molecule has 1 aliphatic rings. The predicted octanol–water partition coefficient (Wildman–Crippen LogP) is 1.28. The Hall–Kier alpha value is -2.65. The van der Waals surface area contributed by atoms with Crippen LogP contribution in [0.15, 0.2) is 25.8 Å². The van der Waals surface area contributed by atoms with E-state index in [1.165, 1.54) is 0 Å². The van der Waals surface area contributed by atoms with Gasteiger partial charge in [-0.05, 0) is 38.0 Å². The summed E-state index contributed by atoms with van der Waals surface area (Å²) in [7, 11) is -3.39. The van der Waals surface area contributed by atoms with E-state index in [1.54, 1.807) is 13.0 Å². The van der Waals surface area contributed by atoms with Crippen LogP contribution >= 0.6 is 0 Å². The Labute approximate surface area is 166 Å². The molecule has 1 fully saturated rings. The molecule has 3 aromatic rings. The van der Waals surface area contributed by atoms with Crippen LogP contribution in [-0.2, 0) is 21.1 Å². The summed E-state index contributed by atoms with van der Waals surface area (Å²) in [5.41, 5.74) is 2.16. The number of nitrogens with one attached hydrogen (secondary N) is 1. The molecule has 0 bridgehead atoms. The van der Waals surface area contributed by atoms with E-state index in [1.807, 2.05) is 19.9 Å². The average molecular weight is 419 g/mol. The van der Waals surface area contributed by atoms with Gasteiger partial charge in [0.2, 0.25) is 5.91 Å². The van der Waals surface area contributed by atoms with Crippen LogP contribution in [0, 0.1) is 20.8 Å². The van der Waals surface area contributed by atoms with Gasteiger partial charge in [0.25, 0.3) is 0 Å². The first kappa shape index (κ1) is 19.7. The normalized spacial score (nSPS) is 21.1. The highest BCUT2D eigenvalue weighted by Gasteiger charge is 2.37. The molecule has 2 atom stereocenters. The highest BCUT2D eigenvalue weighted by atomic mass is 32.2. The highest BCUT2D eigenvalue weighted by Crippen LogP contribution is 2.31. The first-order valence-corrected chi connectivity index (χ1v) is 11.0. The summed E-state index contributed by atoms with van der Waals surface area (Å²) < 4.78 is 34.3. The van der Waals surface area contributed by atoms with Crippen molar-refractivity contribution < 1.29 is 27.2 Å². The van der Waals surface area contributed by atoms with Gasteiger partial charge in [-0.3, -0.25) is 4.79 Å². The first-order valence-electron chi connectivity index (χ1n) is 9.19. The average Bonchev–Trinajstić information content (AvgIpc) is 3.04. The number of amides is 1. The van der Waals surface area contributed by atoms with E-state index in [2.05, 4.69) is 5.32 Å². The topological polar surface area (TPSA) is 127 Å². The predicted molar refractivity (Wildman–Crippen MR) is 107 cm³/mol. The van der Waals surface area contributed by atoms with Crippen molar-refractivity contribution in [1.29, 1.82) is 0 Å². The van der Waals surface area contributed by atoms with Gasteiger partial charge in [0.05, 0.1) is 35.6 Å². The van der Waals surface area contributed by atoms with Crippen LogP contribution in [0.25, 0.3) is 21.9 Å². The quantitative estimate of drug-likeness (QED) is 0.612. The number of hydrogen-bond donors (Lipinski definition) is 2. The van der Waals surface area contributed by atoms with Crippen LogP contribution in [0.2, 0.25) is 0 Å². The van der Waals surface area contributed by atoms with E-state index < -0.39 is 33.5 Å². The lowest BCUT2D eigenvalue weighted by Gasteiger charge is -2.15. The number of aryl methyl sites for hydroxylation is 3. The third-order valence-electron chi connectivity index (χ3n) is 5.59. The molecule has 2 N–H and O–H groups in total. The largest absolute Gasteiger partial charge is 0.461 e. The molecule has 1 aliphatic heterocycles. The van der Waals surface area contributed by atoms with Crippen LogP contribution in [0.3, 0.4) is 0 Å². The minimum atomic E-state index is -3.39. The summed E-state index contributed by atoms with van der Waals surface area (Å²) >= 11 is 0. The number of benzene rings is 1. The van der Waals surface area contributed by atoms with Gasteiger partial charge in [-0.25, -0.2) is 13.2 Å². The van der Waals surface area contributed by atoms with E-state index in [0.29, 0.717) is 22.1 Å². The summed E-state index contributed by atoms with van der Waals surface area (Å²) in [6.07, 6.45) is -1.42. The summed E-state index contributed by atoms with van der Waals surface area (Å²) in [5.74, 6) is -0.464. The van der Waals surface area contributed by atoms with Crippen molar-refractivity contribution >= 4 is 37.7 Å². The number of sulfone groups is 1. The fourth-order valence-corrected chi connectivity index (χ4v) is 5.56. The molecular formula is C20H21NO7S. The Balaban J connectivity index is 1.68. The van der Waals surface area contributed by atoms with E-state index in [9.17, 15) is 23.1 Å². The zero-order valence-electron chi connectivity index (χ0n) is 16.2. The molecule has 8 nitrogen and oxygen atoms in total. The lowest BCUT2D eigenvalue weighted by Crippen LogP contribution is -2.43. The molecule has 1 saturated heterocycles.